The lowest BCUT2D eigenvalue weighted by Gasteiger charge is -2.32. The zero-order valence-corrected chi connectivity index (χ0v) is 22.0. The molecule has 4 heterocycles. The van der Waals surface area contributed by atoms with Crippen molar-refractivity contribution in [3.8, 4) is 5.69 Å². The molecule has 2 fully saturated rings. The van der Waals surface area contributed by atoms with E-state index in [1.54, 1.807) is 0 Å². The molecule has 0 spiro atoms. The molecule has 1 aromatic carbocycles. The monoisotopic (exact) mass is 539 g/mol. The molecule has 0 bridgehead atoms. The second-order valence-corrected chi connectivity index (χ2v) is 10.2. The van der Waals surface area contributed by atoms with Crippen LogP contribution in [-0.4, -0.2) is 63.9 Å². The second-order valence-electron chi connectivity index (χ2n) is 8.91. The number of pyridine rings is 1. The molecule has 1 N–H and O–H groups in total. The van der Waals surface area contributed by atoms with Gasteiger partial charge in [0.1, 0.15) is 0 Å². The van der Waals surface area contributed by atoms with E-state index in [4.69, 9.17) is 21.9 Å². The lowest BCUT2D eigenvalue weighted by molar-refractivity contribution is 0.0350. The van der Waals surface area contributed by atoms with Crippen LogP contribution in [0.2, 0.25) is 0 Å². The minimum absolute atomic E-state index is 0.00254. The Morgan fingerprint density at radius 1 is 1.09 bits per heavy atom. The molecule has 5 rings (SSSR count). The fourth-order valence-corrected chi connectivity index (χ4v) is 5.73. The minimum atomic E-state index is -0.00254. The van der Waals surface area contributed by atoms with Gasteiger partial charge in [0, 0.05) is 53.9 Å². The molecule has 178 valence electrons. The van der Waals surface area contributed by atoms with Gasteiger partial charge in [-0.15, -0.1) is 0 Å². The largest absolute Gasteiger partial charge is 0.379 e. The highest BCUT2D eigenvalue weighted by Crippen LogP contribution is 2.41. The highest BCUT2D eigenvalue weighted by molar-refractivity contribution is 9.10. The van der Waals surface area contributed by atoms with Crippen LogP contribution in [0.5, 0.6) is 0 Å². The molecule has 0 amide bonds. The van der Waals surface area contributed by atoms with E-state index in [0.717, 1.165) is 60.4 Å². The summed E-state index contributed by atoms with van der Waals surface area (Å²) in [4.78, 5) is 9.51. The molecule has 2 aromatic heterocycles. The Hall–Kier alpha value is -2.26. The Kier molecular flexibility index (Phi) is 7.01. The van der Waals surface area contributed by atoms with Gasteiger partial charge in [-0.3, -0.25) is 9.88 Å². The zero-order chi connectivity index (χ0) is 23.7. The first kappa shape index (κ1) is 23.5. The fourth-order valence-electron chi connectivity index (χ4n) is 5.13. The normalized spacial score (nSPS) is 21.1. The van der Waals surface area contributed by atoms with Gasteiger partial charge in [0.2, 0.25) is 0 Å². The quantitative estimate of drug-likeness (QED) is 0.463. The Bertz CT molecular complexity index is 1140. The zero-order valence-electron chi connectivity index (χ0n) is 19.6. The molecule has 2 saturated heterocycles. The number of halogens is 1. The standard InChI is InChI=1S/C26H30BrN5OS/c1-18-17-22(19(2)32(18)21-8-6-20(27)7-9-21)25-24(23-5-3-4-10-28-23)29-26(34)31(25)12-11-30-13-15-33-16-14-30/h3-10,17,24-25H,11-16H2,1-2H3,(H,29,34)/t24-,25-/m0/s1. The van der Waals surface area contributed by atoms with Crippen LogP contribution in [0, 0.1) is 13.8 Å². The summed E-state index contributed by atoms with van der Waals surface area (Å²) in [5.74, 6) is 0. The molecule has 0 radical (unpaired) electrons. The molecule has 8 heteroatoms. The van der Waals surface area contributed by atoms with Gasteiger partial charge in [0.15, 0.2) is 5.11 Å². The Labute approximate surface area is 215 Å². The van der Waals surface area contributed by atoms with Crippen LogP contribution in [-0.2, 0) is 4.74 Å². The summed E-state index contributed by atoms with van der Waals surface area (Å²) in [6.45, 7) is 9.76. The van der Waals surface area contributed by atoms with E-state index in [9.17, 15) is 0 Å². The SMILES string of the molecule is Cc1cc([C@H]2[C@H](c3ccccn3)NC(=S)N2CCN2CCOCC2)c(C)n1-c1ccc(Br)cc1. The summed E-state index contributed by atoms with van der Waals surface area (Å²) < 4.78 is 8.94. The van der Waals surface area contributed by atoms with Crippen LogP contribution in [0.25, 0.3) is 5.69 Å². The fraction of sp³-hybridized carbons (Fsp3) is 0.385. The summed E-state index contributed by atoms with van der Waals surface area (Å²) in [7, 11) is 0. The van der Waals surface area contributed by atoms with Gasteiger partial charge in [-0.2, -0.15) is 0 Å². The molecule has 2 aliphatic heterocycles. The average molecular weight is 541 g/mol. The molecule has 2 aliphatic rings. The first-order valence-electron chi connectivity index (χ1n) is 11.8. The summed E-state index contributed by atoms with van der Waals surface area (Å²) in [5, 5.41) is 4.39. The number of ether oxygens (including phenoxy) is 1. The number of nitrogens with one attached hydrogen (secondary N) is 1. The number of rotatable bonds is 6. The summed E-state index contributed by atoms with van der Waals surface area (Å²) in [6.07, 6.45) is 1.86. The number of aryl methyl sites for hydroxylation is 1. The van der Waals surface area contributed by atoms with E-state index in [1.807, 2.05) is 18.3 Å². The van der Waals surface area contributed by atoms with Crippen molar-refractivity contribution in [2.75, 3.05) is 39.4 Å². The second kappa shape index (κ2) is 10.2. The highest BCUT2D eigenvalue weighted by Gasteiger charge is 2.41. The smallest absolute Gasteiger partial charge is 0.170 e. The molecular weight excluding hydrogens is 510 g/mol. The number of benzene rings is 1. The molecule has 0 saturated carbocycles. The third-order valence-electron chi connectivity index (χ3n) is 6.83. The van der Waals surface area contributed by atoms with E-state index in [2.05, 4.69) is 85.9 Å². The van der Waals surface area contributed by atoms with Crippen LogP contribution in [0.4, 0.5) is 0 Å². The third kappa shape index (κ3) is 4.64. The molecule has 6 nitrogen and oxygen atoms in total. The van der Waals surface area contributed by atoms with E-state index < -0.39 is 0 Å². The van der Waals surface area contributed by atoms with Crippen molar-refractivity contribution in [3.63, 3.8) is 0 Å². The van der Waals surface area contributed by atoms with Crippen LogP contribution >= 0.6 is 28.1 Å². The Morgan fingerprint density at radius 2 is 1.85 bits per heavy atom. The number of nitrogens with zero attached hydrogens (tertiary/aromatic N) is 4. The summed E-state index contributed by atoms with van der Waals surface area (Å²) >= 11 is 9.44. The van der Waals surface area contributed by atoms with E-state index in [-0.39, 0.29) is 12.1 Å². The van der Waals surface area contributed by atoms with Gasteiger partial charge < -0.3 is 19.5 Å². The summed E-state index contributed by atoms with van der Waals surface area (Å²) in [6, 6.07) is 17.0. The van der Waals surface area contributed by atoms with Crippen LogP contribution in [0.1, 0.15) is 34.7 Å². The Morgan fingerprint density at radius 3 is 2.56 bits per heavy atom. The van der Waals surface area contributed by atoms with Gasteiger partial charge in [-0.25, -0.2) is 0 Å². The summed E-state index contributed by atoms with van der Waals surface area (Å²) in [5.41, 5.74) is 5.89. The van der Waals surface area contributed by atoms with Crippen molar-refractivity contribution >= 4 is 33.3 Å². The van der Waals surface area contributed by atoms with Crippen molar-refractivity contribution in [1.82, 2.24) is 24.7 Å². The van der Waals surface area contributed by atoms with E-state index >= 15 is 0 Å². The van der Waals surface area contributed by atoms with Crippen LogP contribution < -0.4 is 5.32 Å². The van der Waals surface area contributed by atoms with Crippen LogP contribution in [0.3, 0.4) is 0 Å². The average Bonchev–Trinajstić information content (AvgIpc) is 3.34. The van der Waals surface area contributed by atoms with Gasteiger partial charge in [0.25, 0.3) is 0 Å². The van der Waals surface area contributed by atoms with Crippen LogP contribution in [0.15, 0.2) is 59.2 Å². The highest BCUT2D eigenvalue weighted by atomic mass is 79.9. The van der Waals surface area contributed by atoms with Crippen molar-refractivity contribution in [3.05, 3.63) is 81.8 Å². The van der Waals surface area contributed by atoms with Gasteiger partial charge in [0.05, 0.1) is 31.0 Å². The van der Waals surface area contributed by atoms with Gasteiger partial charge in [-0.1, -0.05) is 22.0 Å². The number of morpholine rings is 1. The topological polar surface area (TPSA) is 45.6 Å². The minimum Gasteiger partial charge on any atom is -0.379 e. The van der Waals surface area contributed by atoms with Gasteiger partial charge in [-0.05, 0) is 74.1 Å². The molecule has 3 aromatic rings. The van der Waals surface area contributed by atoms with E-state index in [0.29, 0.717) is 0 Å². The number of aromatic nitrogens is 2. The number of thiocarbonyl (C=S) groups is 1. The molecular formula is C26H30BrN5OS. The molecule has 0 aliphatic carbocycles. The maximum atomic E-state index is 5.88. The third-order valence-corrected chi connectivity index (χ3v) is 7.71. The Balaban J connectivity index is 1.52. The van der Waals surface area contributed by atoms with Crippen molar-refractivity contribution in [2.45, 2.75) is 25.9 Å². The van der Waals surface area contributed by atoms with Crippen molar-refractivity contribution in [1.29, 1.82) is 0 Å². The molecule has 34 heavy (non-hydrogen) atoms. The first-order valence-corrected chi connectivity index (χ1v) is 13.0. The molecule has 0 unspecified atom stereocenters. The predicted molar refractivity (Wildman–Crippen MR) is 142 cm³/mol. The maximum Gasteiger partial charge on any atom is 0.170 e. The lowest BCUT2D eigenvalue weighted by atomic mass is 9.96. The maximum absolute atomic E-state index is 5.88. The first-order chi connectivity index (χ1) is 16.5. The number of hydrogen-bond acceptors (Lipinski definition) is 4. The lowest BCUT2D eigenvalue weighted by Crippen LogP contribution is -2.42. The number of hydrogen-bond donors (Lipinski definition) is 1. The van der Waals surface area contributed by atoms with Crippen molar-refractivity contribution < 1.29 is 4.74 Å². The predicted octanol–water partition coefficient (Wildman–Crippen LogP) is 4.56. The molecule has 2 atom stereocenters. The van der Waals surface area contributed by atoms with Gasteiger partial charge >= 0.3 is 0 Å². The van der Waals surface area contributed by atoms with E-state index in [1.165, 1.54) is 17.0 Å². The van der Waals surface area contributed by atoms with Crippen molar-refractivity contribution in [2.24, 2.45) is 0 Å².